The molecule has 5 heteroatoms. The average molecular weight is 257 g/mol. The molecule has 1 aliphatic rings. The zero-order valence-electron chi connectivity index (χ0n) is 11.1. The lowest BCUT2D eigenvalue weighted by Crippen LogP contribution is -2.43. The van der Waals surface area contributed by atoms with Crippen LogP contribution in [0.3, 0.4) is 0 Å². The van der Waals surface area contributed by atoms with Gasteiger partial charge in [-0.15, -0.1) is 0 Å². The first-order chi connectivity index (χ1) is 9.31. The molecule has 0 aromatic carbocycles. The van der Waals surface area contributed by atoms with Crippen LogP contribution < -0.4 is 5.32 Å². The highest BCUT2D eigenvalue weighted by Crippen LogP contribution is 2.13. The fraction of sp³-hybridized carbons (Fsp3) is 0.429. The van der Waals surface area contributed by atoms with Gasteiger partial charge in [0.05, 0.1) is 17.7 Å². The van der Waals surface area contributed by atoms with Gasteiger partial charge in [0.15, 0.2) is 0 Å². The highest BCUT2D eigenvalue weighted by atomic mass is 15.1. The highest BCUT2D eigenvalue weighted by Gasteiger charge is 2.20. The molecule has 100 valence electrons. The zero-order valence-corrected chi connectivity index (χ0v) is 11.1. The van der Waals surface area contributed by atoms with Crippen molar-refractivity contribution in [3.63, 3.8) is 0 Å². The molecule has 0 radical (unpaired) electrons. The van der Waals surface area contributed by atoms with Crippen molar-refractivity contribution in [2.24, 2.45) is 0 Å². The molecule has 0 spiro atoms. The molecule has 1 unspecified atom stereocenters. The Morgan fingerprint density at radius 2 is 2.21 bits per heavy atom. The molecule has 5 nitrogen and oxygen atoms in total. The van der Waals surface area contributed by atoms with Crippen molar-refractivity contribution in [3.05, 3.63) is 47.8 Å². The van der Waals surface area contributed by atoms with Gasteiger partial charge >= 0.3 is 0 Å². The zero-order chi connectivity index (χ0) is 13.1. The van der Waals surface area contributed by atoms with Crippen LogP contribution in [-0.2, 0) is 19.5 Å². The average Bonchev–Trinajstić information content (AvgIpc) is 2.87. The predicted molar refractivity (Wildman–Crippen MR) is 73.5 cm³/mol. The Balaban J connectivity index is 1.55. The SMILES string of the molecule is CN(Cc1ccncc1)CC1Cc2nc[nH]c2CN1. The third-order valence-electron chi connectivity index (χ3n) is 3.55. The van der Waals surface area contributed by atoms with Crippen LogP contribution in [0, 0.1) is 0 Å². The molecule has 3 rings (SSSR count). The third kappa shape index (κ3) is 3.00. The summed E-state index contributed by atoms with van der Waals surface area (Å²) in [6, 6.07) is 4.61. The molecule has 0 bridgehead atoms. The molecular weight excluding hydrogens is 238 g/mol. The van der Waals surface area contributed by atoms with E-state index in [1.165, 1.54) is 17.0 Å². The first-order valence-electron chi connectivity index (χ1n) is 6.63. The summed E-state index contributed by atoms with van der Waals surface area (Å²) in [6.07, 6.45) is 6.48. The van der Waals surface area contributed by atoms with Crippen molar-refractivity contribution in [2.45, 2.75) is 25.6 Å². The summed E-state index contributed by atoms with van der Waals surface area (Å²) in [5.41, 5.74) is 3.74. The summed E-state index contributed by atoms with van der Waals surface area (Å²) in [5.74, 6) is 0. The molecule has 0 aliphatic carbocycles. The van der Waals surface area contributed by atoms with Crippen molar-refractivity contribution in [2.75, 3.05) is 13.6 Å². The van der Waals surface area contributed by atoms with Crippen LogP contribution >= 0.6 is 0 Å². The molecule has 19 heavy (non-hydrogen) atoms. The van der Waals surface area contributed by atoms with Crippen LogP contribution in [-0.4, -0.2) is 39.5 Å². The smallest absolute Gasteiger partial charge is 0.0925 e. The first kappa shape index (κ1) is 12.3. The van der Waals surface area contributed by atoms with E-state index >= 15 is 0 Å². The van der Waals surface area contributed by atoms with Crippen LogP contribution in [0.2, 0.25) is 0 Å². The van der Waals surface area contributed by atoms with Crippen molar-refractivity contribution >= 4 is 0 Å². The van der Waals surface area contributed by atoms with Gasteiger partial charge in [0.25, 0.3) is 0 Å². The maximum Gasteiger partial charge on any atom is 0.0925 e. The fourth-order valence-corrected chi connectivity index (χ4v) is 2.60. The summed E-state index contributed by atoms with van der Waals surface area (Å²) in [5, 5.41) is 3.55. The Morgan fingerprint density at radius 3 is 3.05 bits per heavy atom. The first-order valence-corrected chi connectivity index (χ1v) is 6.63. The van der Waals surface area contributed by atoms with E-state index in [9.17, 15) is 0 Å². The minimum atomic E-state index is 0.475. The number of fused-ring (bicyclic) bond motifs is 1. The molecule has 3 heterocycles. The van der Waals surface area contributed by atoms with Crippen molar-refractivity contribution in [1.29, 1.82) is 0 Å². The summed E-state index contributed by atoms with van der Waals surface area (Å²) >= 11 is 0. The van der Waals surface area contributed by atoms with Gasteiger partial charge in [-0.05, 0) is 24.7 Å². The maximum atomic E-state index is 4.38. The monoisotopic (exact) mass is 257 g/mol. The van der Waals surface area contributed by atoms with Gasteiger partial charge in [-0.25, -0.2) is 4.98 Å². The van der Waals surface area contributed by atoms with Crippen LogP contribution in [0.15, 0.2) is 30.9 Å². The molecule has 0 fully saturated rings. The van der Waals surface area contributed by atoms with E-state index in [2.05, 4.69) is 44.3 Å². The quantitative estimate of drug-likeness (QED) is 0.856. The summed E-state index contributed by atoms with van der Waals surface area (Å²) in [7, 11) is 2.15. The van der Waals surface area contributed by atoms with E-state index in [0.717, 1.165) is 26.1 Å². The van der Waals surface area contributed by atoms with Gasteiger partial charge in [-0.1, -0.05) is 0 Å². The lowest BCUT2D eigenvalue weighted by atomic mass is 10.0. The second kappa shape index (κ2) is 5.50. The molecular formula is C14H19N5. The van der Waals surface area contributed by atoms with Gasteiger partial charge in [-0.2, -0.15) is 0 Å². The van der Waals surface area contributed by atoms with Gasteiger partial charge in [0.1, 0.15) is 0 Å². The number of H-pyrrole nitrogens is 1. The third-order valence-corrected chi connectivity index (χ3v) is 3.55. The van der Waals surface area contributed by atoms with E-state index in [4.69, 9.17) is 0 Å². The number of hydrogen-bond acceptors (Lipinski definition) is 4. The number of rotatable bonds is 4. The number of imidazole rings is 1. The minimum absolute atomic E-state index is 0.475. The Labute approximate surface area is 113 Å². The normalized spacial score (nSPS) is 18.5. The second-order valence-corrected chi connectivity index (χ2v) is 5.16. The summed E-state index contributed by atoms with van der Waals surface area (Å²) in [4.78, 5) is 13.9. The molecule has 1 aliphatic heterocycles. The molecule has 1 atom stereocenters. The second-order valence-electron chi connectivity index (χ2n) is 5.16. The molecule has 0 saturated carbocycles. The highest BCUT2D eigenvalue weighted by molar-refractivity contribution is 5.16. The van der Waals surface area contributed by atoms with Crippen LogP contribution in [0.1, 0.15) is 17.0 Å². The number of hydrogen-bond donors (Lipinski definition) is 2. The largest absolute Gasteiger partial charge is 0.347 e. The number of aromatic nitrogens is 3. The number of pyridine rings is 1. The Kier molecular flexibility index (Phi) is 3.57. The van der Waals surface area contributed by atoms with E-state index < -0.39 is 0 Å². The topological polar surface area (TPSA) is 56.8 Å². The number of likely N-dealkylation sites (N-methyl/N-ethyl adjacent to an activating group) is 1. The van der Waals surface area contributed by atoms with E-state index in [0.29, 0.717) is 6.04 Å². The van der Waals surface area contributed by atoms with Gasteiger partial charge in [0, 0.05) is 44.5 Å². The van der Waals surface area contributed by atoms with Crippen LogP contribution in [0.5, 0.6) is 0 Å². The van der Waals surface area contributed by atoms with Crippen molar-refractivity contribution < 1.29 is 0 Å². The van der Waals surface area contributed by atoms with E-state index in [1.807, 2.05) is 12.4 Å². The maximum absolute atomic E-state index is 4.38. The standard InChI is InChI=1S/C14H19N5/c1-19(8-11-2-4-15-5-3-11)9-12-6-13-14(7-16-12)18-10-17-13/h2-5,10,12,16H,6-9H2,1H3,(H,17,18). The van der Waals surface area contributed by atoms with Crippen molar-refractivity contribution in [1.82, 2.24) is 25.2 Å². The summed E-state index contributed by atoms with van der Waals surface area (Å²) < 4.78 is 0. The van der Waals surface area contributed by atoms with Crippen LogP contribution in [0.25, 0.3) is 0 Å². The van der Waals surface area contributed by atoms with E-state index in [1.54, 1.807) is 6.33 Å². The van der Waals surface area contributed by atoms with Crippen molar-refractivity contribution in [3.8, 4) is 0 Å². The van der Waals surface area contributed by atoms with E-state index in [-0.39, 0.29) is 0 Å². The summed E-state index contributed by atoms with van der Waals surface area (Å²) in [6.45, 7) is 2.87. The molecule has 2 aromatic heterocycles. The fourth-order valence-electron chi connectivity index (χ4n) is 2.60. The van der Waals surface area contributed by atoms with Crippen LogP contribution in [0.4, 0.5) is 0 Å². The molecule has 0 saturated heterocycles. The Morgan fingerprint density at radius 1 is 1.37 bits per heavy atom. The lowest BCUT2D eigenvalue weighted by molar-refractivity contribution is 0.272. The van der Waals surface area contributed by atoms with Gasteiger partial charge < -0.3 is 15.2 Å². The number of aromatic amines is 1. The molecule has 0 amide bonds. The van der Waals surface area contributed by atoms with Gasteiger partial charge in [0.2, 0.25) is 0 Å². The molecule has 2 N–H and O–H groups in total. The lowest BCUT2D eigenvalue weighted by Gasteiger charge is -2.27. The Hall–Kier alpha value is -1.72. The predicted octanol–water partition coefficient (Wildman–Crippen LogP) is 0.951. The minimum Gasteiger partial charge on any atom is -0.347 e. The number of nitrogens with one attached hydrogen (secondary N) is 2. The van der Waals surface area contributed by atoms with Gasteiger partial charge in [-0.3, -0.25) is 4.98 Å². The number of nitrogens with zero attached hydrogens (tertiary/aromatic N) is 3. The molecule has 2 aromatic rings. The Bertz CT molecular complexity index is 522.